The fourth-order valence-electron chi connectivity index (χ4n) is 0.701. The third-order valence-electron chi connectivity index (χ3n) is 1.31. The molecule has 1 aromatic rings. The van der Waals surface area contributed by atoms with Crippen LogP contribution >= 0.6 is 15.9 Å². The van der Waals surface area contributed by atoms with Crippen LogP contribution in [0.4, 0.5) is 4.39 Å². The van der Waals surface area contributed by atoms with E-state index < -0.39 is 0 Å². The first-order valence-corrected chi connectivity index (χ1v) is 4.08. The number of alkyl halides is 1. The molecule has 0 aliphatic carbocycles. The number of rotatable bonds is 1. The van der Waals surface area contributed by atoms with Gasteiger partial charge in [-0.05, 0) is 11.4 Å². The van der Waals surface area contributed by atoms with E-state index in [1.807, 2.05) is 0 Å². The summed E-state index contributed by atoms with van der Waals surface area (Å²) < 4.78 is 13.1. The van der Waals surface area contributed by atoms with Crippen molar-refractivity contribution >= 4 is 15.9 Å². The SMILES string of the molecule is Cc1n[c-]nc(C(C)Br)c1F.[Y]. The molecule has 1 radical (unpaired) electrons. The van der Waals surface area contributed by atoms with E-state index in [2.05, 4.69) is 32.2 Å². The van der Waals surface area contributed by atoms with Crippen molar-refractivity contribution in [1.29, 1.82) is 0 Å². The van der Waals surface area contributed by atoms with Crippen LogP contribution in [-0.4, -0.2) is 9.97 Å². The van der Waals surface area contributed by atoms with Gasteiger partial charge in [0.1, 0.15) is 0 Å². The monoisotopic (exact) mass is 306 g/mol. The van der Waals surface area contributed by atoms with Crippen LogP contribution in [0.25, 0.3) is 0 Å². The number of aryl methyl sites for hydroxylation is 1. The van der Waals surface area contributed by atoms with Crippen molar-refractivity contribution in [1.82, 2.24) is 9.97 Å². The second-order valence-corrected chi connectivity index (χ2v) is 3.60. The fourth-order valence-corrected chi connectivity index (χ4v) is 1.00. The number of halogens is 2. The van der Waals surface area contributed by atoms with Crippen molar-refractivity contribution in [3.05, 3.63) is 23.5 Å². The van der Waals surface area contributed by atoms with Crippen molar-refractivity contribution in [2.45, 2.75) is 18.7 Å². The van der Waals surface area contributed by atoms with Crippen molar-refractivity contribution in [3.8, 4) is 0 Å². The van der Waals surface area contributed by atoms with Crippen LogP contribution in [0.1, 0.15) is 23.1 Å². The summed E-state index contributed by atoms with van der Waals surface area (Å²) >= 11 is 3.22. The Kier molecular flexibility index (Phi) is 5.62. The fraction of sp³-hybridized carbons (Fsp3) is 0.429. The zero-order valence-electron chi connectivity index (χ0n) is 6.81. The average Bonchev–Trinajstić information content (AvgIpc) is 1.94. The van der Waals surface area contributed by atoms with Crippen LogP contribution in [0.5, 0.6) is 0 Å². The molecule has 0 aliphatic heterocycles. The Balaban J connectivity index is 0.00000121. The van der Waals surface area contributed by atoms with Crippen molar-refractivity contribution in [2.75, 3.05) is 0 Å². The maximum absolute atomic E-state index is 13.1. The molecule has 1 atom stereocenters. The molecule has 1 unspecified atom stereocenters. The Morgan fingerprint density at radius 1 is 1.50 bits per heavy atom. The Hall–Kier alpha value is 0.594. The van der Waals surface area contributed by atoms with Crippen LogP contribution in [0.15, 0.2) is 0 Å². The summed E-state index contributed by atoms with van der Waals surface area (Å²) in [6, 6.07) is 0. The molecule has 0 bridgehead atoms. The summed E-state index contributed by atoms with van der Waals surface area (Å²) in [4.78, 5) is 7.17. The summed E-state index contributed by atoms with van der Waals surface area (Å²) in [5.41, 5.74) is 0.693. The number of hydrogen-bond donors (Lipinski definition) is 0. The van der Waals surface area contributed by atoms with Crippen LogP contribution in [-0.2, 0) is 32.7 Å². The molecule has 1 rings (SSSR count). The summed E-state index contributed by atoms with van der Waals surface area (Å²) in [5, 5.41) is 0. The Morgan fingerprint density at radius 3 is 2.50 bits per heavy atom. The zero-order valence-corrected chi connectivity index (χ0v) is 11.2. The van der Waals surface area contributed by atoms with Gasteiger partial charge in [-0.25, -0.2) is 4.39 Å². The normalized spacial score (nSPS) is 12.0. The number of nitrogens with zero attached hydrogens (tertiary/aromatic N) is 2. The molecule has 0 aliphatic rings. The Bertz CT molecular complexity index is 268. The molecule has 0 aromatic carbocycles. The van der Waals surface area contributed by atoms with Gasteiger partial charge in [0.05, 0.1) is 5.82 Å². The molecule has 63 valence electrons. The van der Waals surface area contributed by atoms with Gasteiger partial charge in [0.2, 0.25) is 0 Å². The molecule has 0 N–H and O–H groups in total. The average molecular weight is 307 g/mol. The van der Waals surface area contributed by atoms with Gasteiger partial charge in [-0.2, -0.15) is 0 Å². The van der Waals surface area contributed by atoms with Gasteiger partial charge in [0, 0.05) is 43.9 Å². The molecule has 0 amide bonds. The van der Waals surface area contributed by atoms with E-state index in [9.17, 15) is 4.39 Å². The van der Waals surface area contributed by atoms with Gasteiger partial charge in [-0.15, -0.1) is 0 Å². The molecule has 2 nitrogen and oxygen atoms in total. The number of aromatic nitrogens is 2. The standard InChI is InChI=1S/C7H7BrFN2.Y/c1-4(8)7-6(9)5(2)10-3-11-7;/h4H,1-2H3;/q-1;. The molecular weight excluding hydrogens is 300 g/mol. The van der Waals surface area contributed by atoms with E-state index in [1.54, 1.807) is 13.8 Å². The Morgan fingerprint density at radius 2 is 2.08 bits per heavy atom. The molecule has 1 heterocycles. The molecule has 0 saturated carbocycles. The van der Waals surface area contributed by atoms with E-state index in [0.717, 1.165) is 0 Å². The van der Waals surface area contributed by atoms with Crippen LogP contribution in [0.3, 0.4) is 0 Å². The Labute approximate surface area is 104 Å². The minimum Gasteiger partial charge on any atom is -0.368 e. The van der Waals surface area contributed by atoms with Gasteiger partial charge >= 0.3 is 0 Å². The first-order valence-electron chi connectivity index (χ1n) is 3.17. The molecule has 0 fully saturated rings. The van der Waals surface area contributed by atoms with Gasteiger partial charge < -0.3 is 9.97 Å². The molecule has 5 heteroatoms. The molecule has 0 saturated heterocycles. The van der Waals surface area contributed by atoms with Crippen molar-refractivity contribution in [3.63, 3.8) is 0 Å². The second-order valence-electron chi connectivity index (χ2n) is 2.22. The molecule has 12 heavy (non-hydrogen) atoms. The third kappa shape index (κ3) is 2.82. The smallest absolute Gasteiger partial charge is 0.0572 e. The predicted octanol–water partition coefficient (Wildman–Crippen LogP) is 2.18. The first-order chi connectivity index (χ1) is 5.13. The van der Waals surface area contributed by atoms with E-state index in [4.69, 9.17) is 0 Å². The van der Waals surface area contributed by atoms with E-state index in [1.165, 1.54) is 0 Å². The molecule has 0 spiro atoms. The van der Waals surface area contributed by atoms with E-state index in [-0.39, 0.29) is 43.4 Å². The second kappa shape index (κ2) is 5.35. The van der Waals surface area contributed by atoms with E-state index in [0.29, 0.717) is 11.4 Å². The minimum atomic E-state index is -0.354. The summed E-state index contributed by atoms with van der Waals surface area (Å²) in [7, 11) is 0. The molecule has 1 aromatic heterocycles. The van der Waals surface area contributed by atoms with Gasteiger partial charge in [0.25, 0.3) is 0 Å². The van der Waals surface area contributed by atoms with Crippen LogP contribution in [0, 0.1) is 19.1 Å². The van der Waals surface area contributed by atoms with Crippen LogP contribution in [0.2, 0.25) is 0 Å². The van der Waals surface area contributed by atoms with Gasteiger partial charge in [-0.3, -0.25) is 0 Å². The summed E-state index contributed by atoms with van der Waals surface area (Å²) in [5.74, 6) is -0.354. The van der Waals surface area contributed by atoms with E-state index >= 15 is 0 Å². The minimum absolute atomic E-state index is 0. The number of hydrogen-bond acceptors (Lipinski definition) is 2. The zero-order chi connectivity index (χ0) is 8.43. The third-order valence-corrected chi connectivity index (χ3v) is 1.74. The van der Waals surface area contributed by atoms with Gasteiger partial charge in [0.15, 0.2) is 0 Å². The quantitative estimate of drug-likeness (QED) is 0.587. The molecular formula is C7H7BrFN2Y-. The predicted molar refractivity (Wildman–Crippen MR) is 42.9 cm³/mol. The summed E-state index contributed by atoms with van der Waals surface area (Å²) in [6.45, 7) is 3.39. The van der Waals surface area contributed by atoms with Crippen LogP contribution < -0.4 is 0 Å². The van der Waals surface area contributed by atoms with Gasteiger partial charge in [-0.1, -0.05) is 29.8 Å². The van der Waals surface area contributed by atoms with Crippen molar-refractivity contribution < 1.29 is 37.1 Å². The summed E-state index contributed by atoms with van der Waals surface area (Å²) in [6.07, 6.45) is 2.38. The largest absolute Gasteiger partial charge is 0.368 e. The topological polar surface area (TPSA) is 25.8 Å². The maximum atomic E-state index is 13.1. The maximum Gasteiger partial charge on any atom is 0.0572 e. The van der Waals surface area contributed by atoms with Crippen molar-refractivity contribution in [2.24, 2.45) is 0 Å². The first kappa shape index (κ1) is 12.6.